The number of fused-ring (bicyclic) bond motifs is 2. The third-order valence-electron chi connectivity index (χ3n) is 5.39. The minimum atomic E-state index is -2.90. The Kier molecular flexibility index (Phi) is 5.90. The first kappa shape index (κ1) is 21.9. The van der Waals surface area contributed by atoms with E-state index in [1.54, 1.807) is 30.9 Å². The number of benzene rings is 2. The molecule has 1 amide bonds. The number of aryl methyl sites for hydroxylation is 1. The molecule has 0 aliphatic carbocycles. The summed E-state index contributed by atoms with van der Waals surface area (Å²) < 4.78 is 46.5. The van der Waals surface area contributed by atoms with Crippen LogP contribution in [0.5, 0.6) is 5.75 Å². The first-order chi connectivity index (χ1) is 15.3. The molecule has 0 saturated heterocycles. The summed E-state index contributed by atoms with van der Waals surface area (Å²) in [5.41, 5.74) is 0.680. The second kappa shape index (κ2) is 8.64. The SMILES string of the molecule is CCCN1C(=O)COc2cc3nc(C)nc(NC(C)c4cccc(C(F)F)c4F)c3cc21. The lowest BCUT2D eigenvalue weighted by atomic mass is 10.0. The standard InChI is InChI=1S/C23H23F3N4O2/c1-4-8-30-18-9-16-17(10-19(18)32-11-20(30)31)28-13(3)29-23(16)27-12(2)14-6-5-7-15(21(14)24)22(25)26/h5-7,9-10,12,22H,4,8,11H2,1-3H3,(H,27,28,29). The summed E-state index contributed by atoms with van der Waals surface area (Å²) in [6, 6.07) is 6.83. The number of alkyl halides is 2. The van der Waals surface area contributed by atoms with Gasteiger partial charge in [0, 0.05) is 23.6 Å². The Labute approximate surface area is 183 Å². The molecule has 4 rings (SSSR count). The Morgan fingerprint density at radius 1 is 1.22 bits per heavy atom. The van der Waals surface area contributed by atoms with Crippen LogP contribution in [0.3, 0.4) is 0 Å². The van der Waals surface area contributed by atoms with Crippen molar-refractivity contribution in [3.63, 3.8) is 0 Å². The second-order valence-corrected chi connectivity index (χ2v) is 7.71. The Balaban J connectivity index is 1.78. The zero-order valence-corrected chi connectivity index (χ0v) is 18.0. The topological polar surface area (TPSA) is 67.4 Å². The van der Waals surface area contributed by atoms with Crippen LogP contribution in [0.25, 0.3) is 10.9 Å². The molecule has 1 N–H and O–H groups in total. The van der Waals surface area contributed by atoms with E-state index in [9.17, 15) is 18.0 Å². The number of rotatable bonds is 6. The van der Waals surface area contributed by atoms with Crippen LogP contribution in [0.2, 0.25) is 0 Å². The van der Waals surface area contributed by atoms with Gasteiger partial charge in [-0.2, -0.15) is 0 Å². The third-order valence-corrected chi connectivity index (χ3v) is 5.39. The van der Waals surface area contributed by atoms with Crippen molar-refractivity contribution in [2.75, 3.05) is 23.4 Å². The number of hydrogen-bond acceptors (Lipinski definition) is 5. The van der Waals surface area contributed by atoms with Crippen molar-refractivity contribution in [1.82, 2.24) is 9.97 Å². The summed E-state index contributed by atoms with van der Waals surface area (Å²) in [7, 11) is 0. The van der Waals surface area contributed by atoms with Gasteiger partial charge in [0.05, 0.1) is 22.8 Å². The molecule has 1 aromatic heterocycles. The van der Waals surface area contributed by atoms with Crippen molar-refractivity contribution in [2.45, 2.75) is 39.7 Å². The molecule has 2 heterocycles. The number of aromatic nitrogens is 2. The summed E-state index contributed by atoms with van der Waals surface area (Å²) in [5, 5.41) is 3.75. The summed E-state index contributed by atoms with van der Waals surface area (Å²) in [4.78, 5) is 22.9. The molecule has 0 radical (unpaired) electrons. The molecule has 0 spiro atoms. The van der Waals surface area contributed by atoms with Crippen LogP contribution >= 0.6 is 0 Å². The number of halogens is 3. The third kappa shape index (κ3) is 3.94. The Morgan fingerprint density at radius 2 is 1.97 bits per heavy atom. The predicted octanol–water partition coefficient (Wildman–Crippen LogP) is 5.32. The average molecular weight is 444 g/mol. The molecule has 2 aromatic carbocycles. The summed E-state index contributed by atoms with van der Waals surface area (Å²) in [6.45, 7) is 5.88. The van der Waals surface area contributed by atoms with E-state index >= 15 is 0 Å². The maximum Gasteiger partial charge on any atom is 0.266 e. The van der Waals surface area contributed by atoms with Crippen LogP contribution in [0.1, 0.15) is 49.7 Å². The number of anilines is 2. The van der Waals surface area contributed by atoms with Gasteiger partial charge in [0.1, 0.15) is 23.2 Å². The lowest BCUT2D eigenvalue weighted by Crippen LogP contribution is -2.39. The van der Waals surface area contributed by atoms with E-state index in [4.69, 9.17) is 4.74 Å². The van der Waals surface area contributed by atoms with E-state index < -0.39 is 23.8 Å². The molecule has 0 saturated carbocycles. The van der Waals surface area contributed by atoms with Gasteiger partial charge in [-0.3, -0.25) is 4.79 Å². The molecule has 32 heavy (non-hydrogen) atoms. The number of nitrogens with zero attached hydrogens (tertiary/aromatic N) is 3. The molecular weight excluding hydrogens is 421 g/mol. The monoisotopic (exact) mass is 444 g/mol. The molecule has 1 aliphatic heterocycles. The molecule has 1 aliphatic rings. The predicted molar refractivity (Wildman–Crippen MR) is 116 cm³/mol. The quantitative estimate of drug-likeness (QED) is 0.557. The Bertz CT molecular complexity index is 1190. The fourth-order valence-electron chi connectivity index (χ4n) is 3.87. The van der Waals surface area contributed by atoms with Crippen molar-refractivity contribution in [3.05, 3.63) is 53.1 Å². The number of carbonyl (C=O) groups is 1. The Morgan fingerprint density at radius 3 is 2.69 bits per heavy atom. The smallest absolute Gasteiger partial charge is 0.266 e. The minimum absolute atomic E-state index is 0.0372. The van der Waals surface area contributed by atoms with Crippen LogP contribution in [0, 0.1) is 12.7 Å². The van der Waals surface area contributed by atoms with Crippen LogP contribution in [0.15, 0.2) is 30.3 Å². The highest BCUT2D eigenvalue weighted by Crippen LogP contribution is 2.38. The zero-order valence-electron chi connectivity index (χ0n) is 18.0. The first-order valence-electron chi connectivity index (χ1n) is 10.4. The molecule has 9 heteroatoms. The van der Waals surface area contributed by atoms with Gasteiger partial charge in [-0.15, -0.1) is 0 Å². The van der Waals surface area contributed by atoms with Gasteiger partial charge in [0.15, 0.2) is 6.61 Å². The summed E-state index contributed by atoms with van der Waals surface area (Å²) in [6.07, 6.45) is -2.13. The zero-order chi connectivity index (χ0) is 23.0. The Hall–Kier alpha value is -3.36. The van der Waals surface area contributed by atoms with Crippen molar-refractivity contribution in [1.29, 1.82) is 0 Å². The van der Waals surface area contributed by atoms with E-state index in [1.165, 1.54) is 12.1 Å². The van der Waals surface area contributed by atoms with Crippen LogP contribution < -0.4 is 15.0 Å². The lowest BCUT2D eigenvalue weighted by molar-refractivity contribution is -0.121. The highest BCUT2D eigenvalue weighted by atomic mass is 19.3. The number of hydrogen-bond donors (Lipinski definition) is 1. The second-order valence-electron chi connectivity index (χ2n) is 7.71. The van der Waals surface area contributed by atoms with Gasteiger partial charge in [-0.1, -0.05) is 25.1 Å². The van der Waals surface area contributed by atoms with Crippen LogP contribution in [0.4, 0.5) is 24.7 Å². The first-order valence-corrected chi connectivity index (χ1v) is 10.4. The summed E-state index contributed by atoms with van der Waals surface area (Å²) >= 11 is 0. The number of nitrogens with one attached hydrogen (secondary N) is 1. The van der Waals surface area contributed by atoms with Gasteiger partial charge < -0.3 is 15.0 Å². The minimum Gasteiger partial charge on any atom is -0.481 e. The van der Waals surface area contributed by atoms with E-state index in [0.29, 0.717) is 40.5 Å². The van der Waals surface area contributed by atoms with E-state index in [2.05, 4.69) is 15.3 Å². The van der Waals surface area contributed by atoms with Gasteiger partial charge >= 0.3 is 0 Å². The highest BCUT2D eigenvalue weighted by Gasteiger charge is 2.27. The van der Waals surface area contributed by atoms with E-state index in [0.717, 1.165) is 12.5 Å². The van der Waals surface area contributed by atoms with Crippen molar-refractivity contribution in [2.24, 2.45) is 0 Å². The van der Waals surface area contributed by atoms with Gasteiger partial charge in [0.25, 0.3) is 12.3 Å². The van der Waals surface area contributed by atoms with Gasteiger partial charge in [0.2, 0.25) is 0 Å². The van der Waals surface area contributed by atoms with Crippen LogP contribution in [-0.2, 0) is 4.79 Å². The molecule has 0 bridgehead atoms. The average Bonchev–Trinajstić information content (AvgIpc) is 2.74. The molecule has 168 valence electrons. The fourth-order valence-corrected chi connectivity index (χ4v) is 3.87. The van der Waals surface area contributed by atoms with Crippen LogP contribution in [-0.4, -0.2) is 29.0 Å². The maximum atomic E-state index is 14.7. The number of ether oxygens (including phenoxy) is 1. The van der Waals surface area contributed by atoms with Gasteiger partial charge in [-0.05, 0) is 26.3 Å². The van der Waals surface area contributed by atoms with Crippen molar-refractivity contribution in [3.8, 4) is 5.75 Å². The molecule has 3 aromatic rings. The molecule has 1 unspecified atom stereocenters. The normalized spacial score (nSPS) is 14.5. The highest BCUT2D eigenvalue weighted by molar-refractivity contribution is 6.02. The number of carbonyl (C=O) groups excluding carboxylic acids is 1. The molecule has 0 fully saturated rings. The molecule has 6 nitrogen and oxygen atoms in total. The lowest BCUT2D eigenvalue weighted by Gasteiger charge is -2.29. The van der Waals surface area contributed by atoms with Crippen molar-refractivity contribution >= 4 is 28.3 Å². The summed E-state index contributed by atoms with van der Waals surface area (Å²) in [5.74, 6) is 0.368. The molecule has 1 atom stereocenters. The number of amides is 1. The largest absolute Gasteiger partial charge is 0.481 e. The molecular formula is C23H23F3N4O2. The van der Waals surface area contributed by atoms with E-state index in [-0.39, 0.29) is 18.1 Å². The fraction of sp³-hybridized carbons (Fsp3) is 0.348. The van der Waals surface area contributed by atoms with Crippen molar-refractivity contribution < 1.29 is 22.7 Å². The van der Waals surface area contributed by atoms with Gasteiger partial charge in [-0.25, -0.2) is 23.1 Å². The maximum absolute atomic E-state index is 14.7. The van der Waals surface area contributed by atoms with E-state index in [1.807, 2.05) is 6.92 Å².